The Hall–Kier alpha value is -2.52. The molecule has 0 spiro atoms. The minimum atomic E-state index is -0.330. The van der Waals surface area contributed by atoms with Crippen molar-refractivity contribution < 1.29 is 13.8 Å². The first-order valence-corrected chi connectivity index (χ1v) is 10.1. The monoisotopic (exact) mass is 401 g/mol. The maximum absolute atomic E-state index is 12.8. The summed E-state index contributed by atoms with van der Waals surface area (Å²) in [6, 6.07) is -0.330. The summed E-state index contributed by atoms with van der Waals surface area (Å²) >= 11 is 1.64. The van der Waals surface area contributed by atoms with Crippen LogP contribution in [0.5, 0.6) is 0 Å². The first kappa shape index (κ1) is 18.8. The molecular weight excluding hydrogens is 378 g/mol. The Morgan fingerprint density at radius 1 is 1.32 bits per heavy atom. The molecule has 1 amide bonds. The number of nitrogens with one attached hydrogen (secondary N) is 1. The summed E-state index contributed by atoms with van der Waals surface area (Å²) in [5.74, 6) is 1.75. The Balaban J connectivity index is 1.44. The molecule has 1 N–H and O–H groups in total. The molecule has 28 heavy (non-hydrogen) atoms. The molecule has 9 heteroatoms. The first-order valence-electron chi connectivity index (χ1n) is 9.26. The molecule has 1 unspecified atom stereocenters. The van der Waals surface area contributed by atoms with Crippen LogP contribution in [0.4, 0.5) is 0 Å². The molecule has 1 aliphatic rings. The zero-order valence-corrected chi connectivity index (χ0v) is 17.2. The summed E-state index contributed by atoms with van der Waals surface area (Å²) in [4.78, 5) is 20.6. The van der Waals surface area contributed by atoms with Crippen molar-refractivity contribution >= 4 is 17.2 Å². The summed E-state index contributed by atoms with van der Waals surface area (Å²) < 4.78 is 10.4. The minimum absolute atomic E-state index is 0.0972. The Labute approximate surface area is 166 Å². The largest absolute Gasteiger partial charge is 0.361 e. The SMILES string of the molecule is Cc1noc(C(C)NC(=O)c2csc3c2CCN(Cc2c(C)noc2C)C3)n1. The van der Waals surface area contributed by atoms with E-state index in [0.717, 1.165) is 54.2 Å². The molecule has 0 radical (unpaired) electrons. The number of aromatic nitrogens is 3. The van der Waals surface area contributed by atoms with Crippen LogP contribution in [-0.4, -0.2) is 32.6 Å². The molecule has 148 valence electrons. The number of hydrogen-bond acceptors (Lipinski definition) is 8. The fraction of sp³-hybridized carbons (Fsp3) is 0.474. The van der Waals surface area contributed by atoms with Crippen molar-refractivity contribution in [2.24, 2.45) is 0 Å². The van der Waals surface area contributed by atoms with Gasteiger partial charge >= 0.3 is 0 Å². The average molecular weight is 401 g/mol. The Morgan fingerprint density at radius 3 is 2.82 bits per heavy atom. The fourth-order valence-corrected chi connectivity index (χ4v) is 4.60. The molecule has 0 aliphatic carbocycles. The van der Waals surface area contributed by atoms with Gasteiger partial charge in [-0.25, -0.2) is 0 Å². The van der Waals surface area contributed by atoms with Gasteiger partial charge in [0, 0.05) is 35.5 Å². The van der Waals surface area contributed by atoms with E-state index in [1.165, 1.54) is 4.88 Å². The van der Waals surface area contributed by atoms with Crippen molar-refractivity contribution in [2.45, 2.75) is 53.2 Å². The van der Waals surface area contributed by atoms with E-state index in [2.05, 4.69) is 25.5 Å². The molecule has 0 saturated heterocycles. The second-order valence-corrected chi connectivity index (χ2v) is 8.15. The maximum atomic E-state index is 12.8. The second-order valence-electron chi connectivity index (χ2n) is 7.19. The predicted octanol–water partition coefficient (Wildman–Crippen LogP) is 3.09. The van der Waals surface area contributed by atoms with Crippen molar-refractivity contribution in [1.82, 2.24) is 25.5 Å². The fourth-order valence-electron chi connectivity index (χ4n) is 3.48. The molecule has 3 aromatic rings. The number of carbonyl (C=O) groups excluding carboxylic acids is 1. The number of carbonyl (C=O) groups is 1. The van der Waals surface area contributed by atoms with Gasteiger partial charge in [-0.15, -0.1) is 11.3 Å². The van der Waals surface area contributed by atoms with Gasteiger partial charge in [0.2, 0.25) is 5.89 Å². The minimum Gasteiger partial charge on any atom is -0.361 e. The van der Waals surface area contributed by atoms with Gasteiger partial charge in [0.15, 0.2) is 5.82 Å². The van der Waals surface area contributed by atoms with Gasteiger partial charge < -0.3 is 14.4 Å². The Kier molecular flexibility index (Phi) is 5.03. The molecule has 8 nitrogen and oxygen atoms in total. The highest BCUT2D eigenvalue weighted by Crippen LogP contribution is 2.30. The van der Waals surface area contributed by atoms with Crippen LogP contribution in [0.1, 0.15) is 62.5 Å². The molecule has 0 bridgehead atoms. The lowest BCUT2D eigenvalue weighted by Gasteiger charge is -2.27. The van der Waals surface area contributed by atoms with Crippen LogP contribution in [0.15, 0.2) is 14.4 Å². The lowest BCUT2D eigenvalue weighted by Crippen LogP contribution is -2.32. The second kappa shape index (κ2) is 7.48. The van der Waals surface area contributed by atoms with Crippen LogP contribution in [0.3, 0.4) is 0 Å². The lowest BCUT2D eigenvalue weighted by molar-refractivity contribution is 0.0931. The quantitative estimate of drug-likeness (QED) is 0.701. The highest BCUT2D eigenvalue weighted by Gasteiger charge is 2.26. The topological polar surface area (TPSA) is 97.3 Å². The number of nitrogens with zero attached hydrogens (tertiary/aromatic N) is 4. The first-order chi connectivity index (χ1) is 13.4. The van der Waals surface area contributed by atoms with Crippen molar-refractivity contribution in [3.63, 3.8) is 0 Å². The average Bonchev–Trinajstić information content (AvgIpc) is 3.36. The number of rotatable bonds is 5. The van der Waals surface area contributed by atoms with E-state index in [1.54, 1.807) is 18.3 Å². The smallest absolute Gasteiger partial charge is 0.253 e. The zero-order chi connectivity index (χ0) is 19.8. The van der Waals surface area contributed by atoms with Crippen LogP contribution < -0.4 is 5.32 Å². The van der Waals surface area contributed by atoms with Gasteiger partial charge in [-0.05, 0) is 39.7 Å². The third-order valence-corrected chi connectivity index (χ3v) is 6.11. The summed E-state index contributed by atoms with van der Waals surface area (Å²) in [7, 11) is 0. The number of thiophene rings is 1. The molecule has 0 fully saturated rings. The van der Waals surface area contributed by atoms with E-state index in [9.17, 15) is 4.79 Å². The number of fused-ring (bicyclic) bond motifs is 1. The Bertz CT molecular complexity index is 986. The normalized spacial score (nSPS) is 15.4. The van der Waals surface area contributed by atoms with Gasteiger partial charge in [0.05, 0.1) is 11.3 Å². The molecule has 0 saturated carbocycles. The molecular formula is C19H23N5O3S. The molecule has 4 heterocycles. The highest BCUT2D eigenvalue weighted by atomic mass is 32.1. The summed E-state index contributed by atoms with van der Waals surface area (Å²) in [5.41, 5.74) is 3.99. The van der Waals surface area contributed by atoms with Crippen molar-refractivity contribution in [1.29, 1.82) is 0 Å². The zero-order valence-electron chi connectivity index (χ0n) is 16.4. The maximum Gasteiger partial charge on any atom is 0.253 e. The molecule has 1 aliphatic heterocycles. The van der Waals surface area contributed by atoms with Crippen LogP contribution in [0.25, 0.3) is 0 Å². The number of amides is 1. The summed E-state index contributed by atoms with van der Waals surface area (Å²) in [5, 5.41) is 12.7. The third-order valence-electron chi connectivity index (χ3n) is 5.09. The van der Waals surface area contributed by atoms with Crippen LogP contribution in [-0.2, 0) is 19.5 Å². The molecule has 4 rings (SSSR count). The van der Waals surface area contributed by atoms with Crippen LogP contribution in [0, 0.1) is 20.8 Å². The predicted molar refractivity (Wildman–Crippen MR) is 103 cm³/mol. The van der Waals surface area contributed by atoms with Gasteiger partial charge in [-0.1, -0.05) is 10.3 Å². The van der Waals surface area contributed by atoms with E-state index in [0.29, 0.717) is 11.7 Å². The third kappa shape index (κ3) is 3.59. The summed E-state index contributed by atoms with van der Waals surface area (Å²) in [6.07, 6.45) is 0.846. The van der Waals surface area contributed by atoms with Crippen LogP contribution in [0.2, 0.25) is 0 Å². The number of aryl methyl sites for hydroxylation is 3. The van der Waals surface area contributed by atoms with E-state index in [4.69, 9.17) is 9.05 Å². The van der Waals surface area contributed by atoms with Gasteiger partial charge in [0.1, 0.15) is 11.8 Å². The molecule has 3 aromatic heterocycles. The highest BCUT2D eigenvalue weighted by molar-refractivity contribution is 7.10. The van der Waals surface area contributed by atoms with E-state index in [-0.39, 0.29) is 11.9 Å². The van der Waals surface area contributed by atoms with Crippen LogP contribution >= 0.6 is 11.3 Å². The van der Waals surface area contributed by atoms with Gasteiger partial charge in [0.25, 0.3) is 5.91 Å². The van der Waals surface area contributed by atoms with Crippen molar-refractivity contribution in [3.05, 3.63) is 50.1 Å². The van der Waals surface area contributed by atoms with Crippen molar-refractivity contribution in [3.8, 4) is 0 Å². The van der Waals surface area contributed by atoms with Gasteiger partial charge in [-0.3, -0.25) is 9.69 Å². The standard InChI is InChI=1S/C19H23N5O3S/c1-10-15(12(3)26-22-10)7-24-6-5-14-16(9-28-17(14)8-24)18(25)20-11(2)19-21-13(4)23-27-19/h9,11H,5-8H2,1-4H3,(H,20,25). The summed E-state index contributed by atoms with van der Waals surface area (Å²) in [6.45, 7) is 10.1. The lowest BCUT2D eigenvalue weighted by atomic mass is 10.0. The van der Waals surface area contributed by atoms with E-state index in [1.807, 2.05) is 26.2 Å². The van der Waals surface area contributed by atoms with Gasteiger partial charge in [-0.2, -0.15) is 4.98 Å². The molecule has 0 aromatic carbocycles. The molecule has 1 atom stereocenters. The number of hydrogen-bond donors (Lipinski definition) is 1. The Morgan fingerprint density at radius 2 is 2.14 bits per heavy atom. The van der Waals surface area contributed by atoms with E-state index >= 15 is 0 Å². The van der Waals surface area contributed by atoms with Crippen molar-refractivity contribution in [2.75, 3.05) is 6.54 Å². The van der Waals surface area contributed by atoms with E-state index < -0.39 is 0 Å².